The number of pyridine rings is 1. The van der Waals surface area contributed by atoms with E-state index in [0.717, 1.165) is 30.0 Å². The van der Waals surface area contributed by atoms with Crippen LogP contribution < -0.4 is 19.5 Å². The number of amides is 2. The Morgan fingerprint density at radius 3 is 2.58 bits per heavy atom. The molecule has 1 saturated carbocycles. The Labute approximate surface area is 146 Å². The third-order valence-corrected chi connectivity index (χ3v) is 4.18. The van der Waals surface area contributed by atoms with Crippen molar-refractivity contribution < 1.29 is 14.3 Å². The van der Waals surface area contributed by atoms with Crippen LogP contribution in [-0.4, -0.2) is 17.1 Å². The molecule has 2 N–H and O–H groups in total. The second kappa shape index (κ2) is 7.44. The highest BCUT2D eigenvalue weighted by atomic mass is 32.1. The topological polar surface area (TPSA) is 77.7 Å². The van der Waals surface area contributed by atoms with Crippen molar-refractivity contribution in [2.45, 2.75) is 31.8 Å². The van der Waals surface area contributed by atoms with Gasteiger partial charge in [0.25, 0.3) is 0 Å². The number of carbonyl (C=O) groups excluding carboxylic acids is 1. The van der Waals surface area contributed by atoms with E-state index >= 15 is 0 Å². The number of rotatable bonds is 5. The summed E-state index contributed by atoms with van der Waals surface area (Å²) in [5.74, 6) is 1.91. The first-order valence-electron chi connectivity index (χ1n) is 7.81. The molecular formula is C17H19N3O3S. The molecule has 0 aliphatic heterocycles. The van der Waals surface area contributed by atoms with Crippen LogP contribution in [0.3, 0.4) is 0 Å². The van der Waals surface area contributed by atoms with Gasteiger partial charge >= 0.3 is 6.03 Å². The molecule has 0 atom stereocenters. The van der Waals surface area contributed by atoms with Gasteiger partial charge in [0.15, 0.2) is 11.6 Å². The fourth-order valence-corrected chi connectivity index (χ4v) is 2.79. The van der Waals surface area contributed by atoms with Gasteiger partial charge in [-0.15, -0.1) is 0 Å². The molecule has 24 heavy (non-hydrogen) atoms. The summed E-state index contributed by atoms with van der Waals surface area (Å²) in [6.07, 6.45) is 5.84. The fraction of sp³-hybridized carbons (Fsp3) is 0.294. The first-order valence-corrected chi connectivity index (χ1v) is 8.21. The maximum atomic E-state index is 11.4. The van der Waals surface area contributed by atoms with Gasteiger partial charge in [0, 0.05) is 6.07 Å². The first kappa shape index (κ1) is 16.4. The second-order valence-electron chi connectivity index (χ2n) is 5.58. The van der Waals surface area contributed by atoms with Gasteiger partial charge in [-0.3, -0.25) is 0 Å². The Balaban J connectivity index is 1.87. The lowest BCUT2D eigenvalue weighted by atomic mass is 10.3. The van der Waals surface area contributed by atoms with Gasteiger partial charge < -0.3 is 15.2 Å². The maximum Gasteiger partial charge on any atom is 0.330 e. The molecule has 1 aliphatic rings. The molecule has 1 fully saturated rings. The highest BCUT2D eigenvalue weighted by molar-refractivity contribution is 7.82. The third kappa shape index (κ3) is 3.91. The van der Waals surface area contributed by atoms with Gasteiger partial charge in [-0.25, -0.2) is 14.1 Å². The minimum absolute atomic E-state index is 0.104. The molecule has 0 unspecified atom stereocenters. The second-order valence-corrected chi connectivity index (χ2v) is 5.98. The predicted octanol–water partition coefficient (Wildman–Crippen LogP) is 3.93. The summed E-state index contributed by atoms with van der Waals surface area (Å²) in [7, 11) is 0. The van der Waals surface area contributed by atoms with Crippen LogP contribution in [-0.2, 0) is 0 Å². The van der Waals surface area contributed by atoms with Crippen molar-refractivity contribution in [2.75, 3.05) is 4.31 Å². The summed E-state index contributed by atoms with van der Waals surface area (Å²) in [5.41, 5.74) is 5.29. The van der Waals surface area contributed by atoms with Crippen LogP contribution in [0.4, 0.5) is 10.6 Å². The van der Waals surface area contributed by atoms with Crippen LogP contribution in [0.15, 0.2) is 42.6 Å². The lowest BCUT2D eigenvalue weighted by Crippen LogP contribution is -2.28. The number of nitrogens with two attached hydrogens (primary N) is 1. The SMILES string of the molecule is NC(=O)N(S)c1ncc(Oc2ccccc2)cc1OC1CCCC1. The quantitative estimate of drug-likeness (QED) is 0.805. The Morgan fingerprint density at radius 1 is 1.21 bits per heavy atom. The van der Waals surface area contributed by atoms with Crippen molar-refractivity contribution in [1.29, 1.82) is 0 Å². The number of para-hydroxylation sites is 1. The zero-order valence-electron chi connectivity index (χ0n) is 13.1. The number of anilines is 1. The van der Waals surface area contributed by atoms with E-state index in [1.54, 1.807) is 6.07 Å². The molecule has 7 heteroatoms. The minimum atomic E-state index is -0.723. The van der Waals surface area contributed by atoms with Crippen LogP contribution in [0.1, 0.15) is 25.7 Å². The van der Waals surface area contributed by atoms with Crippen molar-refractivity contribution in [3.8, 4) is 17.2 Å². The number of benzene rings is 1. The average Bonchev–Trinajstić information content (AvgIpc) is 3.08. The van der Waals surface area contributed by atoms with Gasteiger partial charge in [0.05, 0.1) is 12.3 Å². The molecular weight excluding hydrogens is 326 g/mol. The van der Waals surface area contributed by atoms with Crippen molar-refractivity contribution >= 4 is 24.7 Å². The number of primary amides is 1. The number of nitrogens with zero attached hydrogens (tertiary/aromatic N) is 2. The van der Waals surface area contributed by atoms with Gasteiger partial charge in [-0.1, -0.05) is 31.0 Å². The van der Waals surface area contributed by atoms with Crippen LogP contribution in [0.2, 0.25) is 0 Å². The smallest absolute Gasteiger partial charge is 0.330 e. The van der Waals surface area contributed by atoms with E-state index in [9.17, 15) is 4.79 Å². The molecule has 0 saturated heterocycles. The lowest BCUT2D eigenvalue weighted by Gasteiger charge is -2.20. The van der Waals surface area contributed by atoms with Crippen LogP contribution >= 0.6 is 12.8 Å². The van der Waals surface area contributed by atoms with E-state index in [4.69, 9.17) is 15.2 Å². The summed E-state index contributed by atoms with van der Waals surface area (Å²) in [6.45, 7) is 0. The number of thiol groups is 1. The normalized spacial score (nSPS) is 14.4. The van der Waals surface area contributed by atoms with E-state index in [0.29, 0.717) is 17.2 Å². The average molecular weight is 345 g/mol. The molecule has 6 nitrogen and oxygen atoms in total. The van der Waals surface area contributed by atoms with Crippen molar-refractivity contribution in [2.24, 2.45) is 5.73 Å². The van der Waals surface area contributed by atoms with E-state index in [1.807, 2.05) is 30.3 Å². The molecule has 1 heterocycles. The van der Waals surface area contributed by atoms with Crippen LogP contribution in [0.5, 0.6) is 17.2 Å². The standard InChI is InChI=1S/C17H19N3O3S/c18-17(21)20(24)16-15(23-13-8-4-5-9-13)10-14(11-19-16)22-12-6-2-1-3-7-12/h1-3,6-7,10-11,13,24H,4-5,8-9H2,(H2,18,21). The molecule has 1 aromatic carbocycles. The highest BCUT2D eigenvalue weighted by Crippen LogP contribution is 2.35. The molecule has 2 amide bonds. The van der Waals surface area contributed by atoms with E-state index in [1.165, 1.54) is 6.20 Å². The number of urea groups is 1. The van der Waals surface area contributed by atoms with Crippen LogP contribution in [0.25, 0.3) is 0 Å². The molecule has 126 valence electrons. The fourth-order valence-electron chi connectivity index (χ4n) is 2.64. The summed E-state index contributed by atoms with van der Waals surface area (Å²) >= 11 is 4.09. The summed E-state index contributed by atoms with van der Waals surface area (Å²) in [6, 6.07) is 10.4. The molecule has 2 aromatic rings. The largest absolute Gasteiger partial charge is 0.486 e. The van der Waals surface area contributed by atoms with E-state index < -0.39 is 6.03 Å². The number of hydrogen-bond acceptors (Lipinski definition) is 5. The Morgan fingerprint density at radius 2 is 1.92 bits per heavy atom. The molecule has 1 aliphatic carbocycles. The predicted molar refractivity (Wildman–Crippen MR) is 94.7 cm³/mol. The monoisotopic (exact) mass is 345 g/mol. The van der Waals surface area contributed by atoms with Gasteiger partial charge in [0.2, 0.25) is 0 Å². The van der Waals surface area contributed by atoms with Gasteiger partial charge in [0.1, 0.15) is 11.5 Å². The number of aromatic nitrogens is 1. The lowest BCUT2D eigenvalue weighted by molar-refractivity contribution is 0.209. The maximum absolute atomic E-state index is 11.4. The van der Waals surface area contributed by atoms with Gasteiger partial charge in [-0.2, -0.15) is 0 Å². The third-order valence-electron chi connectivity index (χ3n) is 3.79. The van der Waals surface area contributed by atoms with Crippen molar-refractivity contribution in [1.82, 2.24) is 4.98 Å². The zero-order chi connectivity index (χ0) is 16.9. The Hall–Kier alpha value is -2.41. The summed E-state index contributed by atoms with van der Waals surface area (Å²) in [4.78, 5) is 15.6. The number of ether oxygens (including phenoxy) is 2. The van der Waals surface area contributed by atoms with Crippen molar-refractivity contribution in [3.63, 3.8) is 0 Å². The molecule has 0 radical (unpaired) electrons. The number of hydrogen-bond donors (Lipinski definition) is 2. The summed E-state index contributed by atoms with van der Waals surface area (Å²) in [5, 5.41) is 0. The minimum Gasteiger partial charge on any atom is -0.486 e. The molecule has 0 spiro atoms. The number of carbonyl (C=O) groups is 1. The summed E-state index contributed by atoms with van der Waals surface area (Å²) < 4.78 is 12.8. The van der Waals surface area contributed by atoms with Gasteiger partial charge in [-0.05, 0) is 37.8 Å². The van der Waals surface area contributed by atoms with Crippen LogP contribution in [0, 0.1) is 0 Å². The molecule has 1 aromatic heterocycles. The van der Waals surface area contributed by atoms with Crippen molar-refractivity contribution in [3.05, 3.63) is 42.6 Å². The highest BCUT2D eigenvalue weighted by Gasteiger charge is 2.22. The Kier molecular flexibility index (Phi) is 5.10. The van der Waals surface area contributed by atoms with E-state index in [-0.39, 0.29) is 11.9 Å². The van der Waals surface area contributed by atoms with E-state index in [2.05, 4.69) is 17.8 Å². The zero-order valence-corrected chi connectivity index (χ0v) is 14.0. The molecule has 3 rings (SSSR count). The Bertz CT molecular complexity index is 705. The molecule has 0 bridgehead atoms. The first-order chi connectivity index (χ1) is 11.6.